The lowest BCUT2D eigenvalue weighted by Gasteiger charge is -2.22. The topological polar surface area (TPSA) is 58.2 Å². The molecule has 0 spiro atoms. The van der Waals surface area contributed by atoms with Crippen molar-refractivity contribution in [3.05, 3.63) is 63.2 Å². The van der Waals surface area contributed by atoms with E-state index < -0.39 is 35.1 Å². The van der Waals surface area contributed by atoms with Crippen LogP contribution in [0.25, 0.3) is 0 Å². The van der Waals surface area contributed by atoms with E-state index in [0.29, 0.717) is 5.69 Å². The van der Waals surface area contributed by atoms with E-state index in [1.807, 2.05) is 12.1 Å². The first kappa shape index (κ1) is 19.3. The summed E-state index contributed by atoms with van der Waals surface area (Å²) in [5.41, 5.74) is -0.127. The van der Waals surface area contributed by atoms with E-state index >= 15 is 0 Å². The van der Waals surface area contributed by atoms with Gasteiger partial charge in [0.15, 0.2) is 0 Å². The second-order valence-corrected chi connectivity index (χ2v) is 7.03. The zero-order chi connectivity index (χ0) is 18.6. The van der Waals surface area contributed by atoms with Crippen LogP contribution in [-0.4, -0.2) is 17.9 Å². The lowest BCUT2D eigenvalue weighted by molar-refractivity contribution is -0.118. The number of benzene rings is 2. The molecule has 0 aromatic heterocycles. The Morgan fingerprint density at radius 1 is 1.00 bits per heavy atom. The first-order valence-electron chi connectivity index (χ1n) is 7.61. The number of anilines is 1. The van der Waals surface area contributed by atoms with Crippen molar-refractivity contribution < 1.29 is 18.4 Å². The summed E-state index contributed by atoms with van der Waals surface area (Å²) in [6.45, 7) is 3.46. The summed E-state index contributed by atoms with van der Waals surface area (Å²) in [7, 11) is 0. The summed E-state index contributed by atoms with van der Waals surface area (Å²) in [6.07, 6.45) is 0. The normalized spacial score (nSPS) is 11.9. The van der Waals surface area contributed by atoms with Crippen LogP contribution in [0.1, 0.15) is 24.2 Å². The maximum absolute atomic E-state index is 13.7. The number of halogens is 3. The van der Waals surface area contributed by atoms with Crippen LogP contribution >= 0.6 is 22.6 Å². The van der Waals surface area contributed by atoms with Crippen LogP contribution in [0.3, 0.4) is 0 Å². The smallest absolute Gasteiger partial charge is 0.257 e. The molecular formula is C18H17F2IN2O2. The Hall–Kier alpha value is -2.03. The van der Waals surface area contributed by atoms with Gasteiger partial charge in [0.05, 0.1) is 0 Å². The Morgan fingerprint density at radius 3 is 2.08 bits per heavy atom. The molecule has 2 aromatic rings. The van der Waals surface area contributed by atoms with Crippen molar-refractivity contribution in [1.82, 2.24) is 5.32 Å². The first-order chi connectivity index (χ1) is 11.8. The Labute approximate surface area is 158 Å². The number of hydrogen-bond acceptors (Lipinski definition) is 2. The molecule has 2 N–H and O–H groups in total. The molecule has 25 heavy (non-hydrogen) atoms. The van der Waals surface area contributed by atoms with Gasteiger partial charge in [0.1, 0.15) is 23.2 Å². The van der Waals surface area contributed by atoms with Crippen LogP contribution in [0.4, 0.5) is 14.5 Å². The van der Waals surface area contributed by atoms with Gasteiger partial charge in [0, 0.05) is 9.26 Å². The molecule has 7 heteroatoms. The summed E-state index contributed by atoms with van der Waals surface area (Å²) in [5.74, 6) is -3.65. The first-order valence-corrected chi connectivity index (χ1v) is 8.68. The number of rotatable bonds is 5. The minimum Gasteiger partial charge on any atom is -0.340 e. The molecule has 1 atom stereocenters. The zero-order valence-corrected chi connectivity index (χ0v) is 15.8. The number of amides is 2. The molecule has 132 valence electrons. The second kappa shape index (κ2) is 8.37. The van der Waals surface area contributed by atoms with E-state index in [-0.39, 0.29) is 5.92 Å². The average molecular weight is 458 g/mol. The molecular weight excluding hydrogens is 441 g/mol. The van der Waals surface area contributed by atoms with Crippen molar-refractivity contribution in [3.8, 4) is 0 Å². The van der Waals surface area contributed by atoms with Crippen molar-refractivity contribution in [3.63, 3.8) is 0 Å². The Morgan fingerprint density at radius 2 is 1.56 bits per heavy atom. The third-order valence-corrected chi connectivity index (χ3v) is 4.26. The van der Waals surface area contributed by atoms with Crippen molar-refractivity contribution in [2.45, 2.75) is 19.9 Å². The van der Waals surface area contributed by atoms with Gasteiger partial charge in [-0.3, -0.25) is 9.59 Å². The minimum absolute atomic E-state index is 0.275. The molecule has 2 amide bonds. The Kier molecular flexibility index (Phi) is 6.46. The fraction of sp³-hybridized carbons (Fsp3) is 0.222. The third-order valence-electron chi connectivity index (χ3n) is 3.54. The molecule has 0 radical (unpaired) electrons. The maximum atomic E-state index is 13.7. The van der Waals surface area contributed by atoms with Crippen molar-refractivity contribution in [1.29, 1.82) is 0 Å². The highest BCUT2D eigenvalue weighted by Gasteiger charge is 2.27. The van der Waals surface area contributed by atoms with Crippen molar-refractivity contribution in [2.24, 2.45) is 5.92 Å². The summed E-state index contributed by atoms with van der Waals surface area (Å²) in [5, 5.41) is 5.11. The van der Waals surface area contributed by atoms with Gasteiger partial charge in [0.2, 0.25) is 5.91 Å². The van der Waals surface area contributed by atoms with Crippen LogP contribution in [0, 0.1) is 21.1 Å². The number of hydrogen-bond donors (Lipinski definition) is 2. The van der Waals surface area contributed by atoms with Gasteiger partial charge in [-0.25, -0.2) is 8.78 Å². The van der Waals surface area contributed by atoms with E-state index in [0.717, 1.165) is 15.7 Å². The van der Waals surface area contributed by atoms with E-state index in [1.54, 1.807) is 26.0 Å². The van der Waals surface area contributed by atoms with Crippen LogP contribution in [-0.2, 0) is 4.79 Å². The maximum Gasteiger partial charge on any atom is 0.257 e. The highest BCUT2D eigenvalue weighted by molar-refractivity contribution is 14.1. The molecule has 0 saturated heterocycles. The zero-order valence-electron chi connectivity index (χ0n) is 13.6. The summed E-state index contributed by atoms with van der Waals surface area (Å²) < 4.78 is 28.5. The second-order valence-electron chi connectivity index (χ2n) is 5.79. The average Bonchev–Trinajstić information content (AvgIpc) is 2.54. The Balaban J connectivity index is 2.16. The number of carbonyl (C=O) groups is 2. The van der Waals surface area contributed by atoms with Crippen LogP contribution < -0.4 is 10.6 Å². The molecule has 0 bridgehead atoms. The van der Waals surface area contributed by atoms with Gasteiger partial charge in [-0.15, -0.1) is 0 Å². The molecule has 0 unspecified atom stereocenters. The Bertz CT molecular complexity index is 759. The molecule has 4 nitrogen and oxygen atoms in total. The third kappa shape index (κ3) is 4.97. The lowest BCUT2D eigenvalue weighted by Crippen LogP contribution is -2.47. The fourth-order valence-electron chi connectivity index (χ4n) is 2.22. The highest BCUT2D eigenvalue weighted by atomic mass is 127. The highest BCUT2D eigenvalue weighted by Crippen LogP contribution is 2.15. The van der Waals surface area contributed by atoms with Gasteiger partial charge in [-0.05, 0) is 64.9 Å². The monoisotopic (exact) mass is 458 g/mol. The molecule has 0 fully saturated rings. The van der Waals surface area contributed by atoms with Crippen LogP contribution in [0.2, 0.25) is 0 Å². The predicted molar refractivity (Wildman–Crippen MR) is 100 cm³/mol. The standard InChI is InChI=1S/C18H17F2IN2O2/c1-10(2)16(18(25)22-12-8-6-11(21)7-9-12)23-17(24)15-13(19)4-3-5-14(15)20/h3-10,16H,1-2H3,(H,22,25)(H,23,24)/t16-/m0/s1. The van der Waals surface area contributed by atoms with E-state index in [4.69, 9.17) is 0 Å². The molecule has 0 aliphatic carbocycles. The number of nitrogens with one attached hydrogen (secondary N) is 2. The number of carbonyl (C=O) groups excluding carboxylic acids is 2. The van der Waals surface area contributed by atoms with Crippen LogP contribution in [0.5, 0.6) is 0 Å². The van der Waals surface area contributed by atoms with Gasteiger partial charge >= 0.3 is 0 Å². The minimum atomic E-state index is -0.974. The van der Waals surface area contributed by atoms with Crippen molar-refractivity contribution >= 4 is 40.1 Å². The molecule has 0 aliphatic heterocycles. The van der Waals surface area contributed by atoms with Crippen molar-refractivity contribution in [2.75, 3.05) is 5.32 Å². The molecule has 2 rings (SSSR count). The lowest BCUT2D eigenvalue weighted by atomic mass is 10.0. The predicted octanol–water partition coefficient (Wildman–Crippen LogP) is 3.96. The van der Waals surface area contributed by atoms with Gasteiger partial charge in [-0.1, -0.05) is 19.9 Å². The van der Waals surface area contributed by atoms with Gasteiger partial charge in [0.25, 0.3) is 5.91 Å². The summed E-state index contributed by atoms with van der Waals surface area (Å²) in [4.78, 5) is 24.7. The fourth-order valence-corrected chi connectivity index (χ4v) is 2.58. The van der Waals surface area contributed by atoms with E-state index in [2.05, 4.69) is 33.2 Å². The summed E-state index contributed by atoms with van der Waals surface area (Å²) >= 11 is 2.14. The van der Waals surface area contributed by atoms with Gasteiger partial charge < -0.3 is 10.6 Å². The van der Waals surface area contributed by atoms with E-state index in [9.17, 15) is 18.4 Å². The summed E-state index contributed by atoms with van der Waals surface area (Å²) in [6, 6.07) is 9.34. The van der Waals surface area contributed by atoms with Crippen LogP contribution in [0.15, 0.2) is 42.5 Å². The molecule has 2 aromatic carbocycles. The quantitative estimate of drug-likeness (QED) is 0.667. The van der Waals surface area contributed by atoms with Gasteiger partial charge in [-0.2, -0.15) is 0 Å². The largest absolute Gasteiger partial charge is 0.340 e. The SMILES string of the molecule is CC(C)[C@H](NC(=O)c1c(F)cccc1F)C(=O)Nc1ccc(I)cc1. The molecule has 0 aliphatic rings. The molecule has 0 saturated carbocycles. The van der Waals surface area contributed by atoms with E-state index in [1.165, 1.54) is 6.07 Å². The molecule has 0 heterocycles.